The second kappa shape index (κ2) is 7.88. The first-order chi connectivity index (χ1) is 14.5. The summed E-state index contributed by atoms with van der Waals surface area (Å²) in [5.41, 5.74) is 0.394. The van der Waals surface area contributed by atoms with Gasteiger partial charge in [-0.1, -0.05) is 11.6 Å². The number of halogens is 2. The lowest BCUT2D eigenvalue weighted by atomic mass is 10.2. The second-order valence-electron chi connectivity index (χ2n) is 8.09. The molecule has 2 N–H and O–H groups in total. The van der Waals surface area contributed by atoms with Crippen LogP contribution in [0.15, 0.2) is 18.2 Å². The van der Waals surface area contributed by atoms with E-state index in [0.717, 1.165) is 6.07 Å². The molecule has 1 unspecified atom stereocenters. The number of hydrogen-bond donors (Lipinski definition) is 2. The average molecular weight is 476 g/mol. The van der Waals surface area contributed by atoms with Gasteiger partial charge in [-0.15, -0.1) is 0 Å². The highest BCUT2D eigenvalue weighted by atomic mass is 35.5. The van der Waals surface area contributed by atoms with E-state index in [0.29, 0.717) is 18.7 Å². The van der Waals surface area contributed by atoms with E-state index in [4.69, 9.17) is 16.3 Å². The Morgan fingerprint density at radius 3 is 2.65 bits per heavy atom. The molecule has 2 amide bonds. The Kier molecular flexibility index (Phi) is 5.65. The van der Waals surface area contributed by atoms with Crippen molar-refractivity contribution in [3.05, 3.63) is 34.6 Å². The SMILES string of the molecule is CCS(=O)(=O)N1C[C@@H]2[C@H](C1)[C@H]2N1CCC(O)(OC(=O)NCc2cc(F)cc(Cl)c2)C1=O. The molecule has 0 aromatic heterocycles. The lowest BCUT2D eigenvalue weighted by Gasteiger charge is -2.25. The van der Waals surface area contributed by atoms with Gasteiger partial charge in [-0.3, -0.25) is 4.79 Å². The highest BCUT2D eigenvalue weighted by Crippen LogP contribution is 2.51. The third-order valence-corrected chi connectivity index (χ3v) is 8.17. The lowest BCUT2D eigenvalue weighted by molar-refractivity contribution is -0.182. The van der Waals surface area contributed by atoms with Crippen LogP contribution in [0.25, 0.3) is 0 Å². The Morgan fingerprint density at radius 2 is 2.03 bits per heavy atom. The van der Waals surface area contributed by atoms with Crippen LogP contribution in [0.4, 0.5) is 9.18 Å². The molecule has 0 spiro atoms. The van der Waals surface area contributed by atoms with Crippen LogP contribution in [0.5, 0.6) is 0 Å². The van der Waals surface area contributed by atoms with Crippen molar-refractivity contribution in [1.29, 1.82) is 0 Å². The summed E-state index contributed by atoms with van der Waals surface area (Å²) in [6.45, 7) is 2.40. The van der Waals surface area contributed by atoms with Gasteiger partial charge < -0.3 is 20.1 Å². The summed E-state index contributed by atoms with van der Waals surface area (Å²) < 4.78 is 43.8. The predicted molar refractivity (Wildman–Crippen MR) is 108 cm³/mol. The van der Waals surface area contributed by atoms with Gasteiger partial charge in [0.2, 0.25) is 10.0 Å². The zero-order chi connectivity index (χ0) is 22.6. The minimum absolute atomic E-state index is 0.0270. The zero-order valence-electron chi connectivity index (χ0n) is 16.8. The van der Waals surface area contributed by atoms with Crippen molar-refractivity contribution in [3.63, 3.8) is 0 Å². The number of sulfonamides is 1. The Balaban J connectivity index is 1.31. The topological polar surface area (TPSA) is 116 Å². The first kappa shape index (κ1) is 22.3. The van der Waals surface area contributed by atoms with E-state index < -0.39 is 33.6 Å². The van der Waals surface area contributed by atoms with Gasteiger partial charge in [0.25, 0.3) is 11.7 Å². The molecular formula is C19H23ClFN3O6S. The van der Waals surface area contributed by atoms with Gasteiger partial charge >= 0.3 is 6.09 Å². The minimum atomic E-state index is -3.26. The molecule has 1 saturated carbocycles. The van der Waals surface area contributed by atoms with Crippen molar-refractivity contribution >= 4 is 33.6 Å². The fraction of sp³-hybridized carbons (Fsp3) is 0.579. The smallest absolute Gasteiger partial charge is 0.407 e. The van der Waals surface area contributed by atoms with Crippen LogP contribution in [0.2, 0.25) is 5.02 Å². The summed E-state index contributed by atoms with van der Waals surface area (Å²) in [7, 11) is -3.26. The summed E-state index contributed by atoms with van der Waals surface area (Å²) in [5, 5.41) is 13.1. The maximum Gasteiger partial charge on any atom is 0.410 e. The summed E-state index contributed by atoms with van der Waals surface area (Å²) in [6, 6.07) is 3.63. The van der Waals surface area contributed by atoms with Crippen LogP contribution >= 0.6 is 11.6 Å². The number of benzene rings is 1. The second-order valence-corrected chi connectivity index (χ2v) is 10.8. The molecule has 4 rings (SSSR count). The van der Waals surface area contributed by atoms with Crippen LogP contribution in [0, 0.1) is 17.7 Å². The van der Waals surface area contributed by atoms with E-state index in [1.807, 2.05) is 0 Å². The molecule has 3 fully saturated rings. The number of amides is 2. The Hall–Kier alpha value is -1.95. The molecule has 12 heteroatoms. The third kappa shape index (κ3) is 4.23. The molecule has 1 aromatic rings. The maximum atomic E-state index is 13.4. The molecule has 1 aliphatic carbocycles. The summed E-state index contributed by atoms with van der Waals surface area (Å²) >= 11 is 5.77. The maximum absolute atomic E-state index is 13.4. The molecule has 2 aliphatic heterocycles. The summed E-state index contributed by atoms with van der Waals surface area (Å²) in [4.78, 5) is 26.3. The first-order valence-corrected chi connectivity index (χ1v) is 12.0. The number of piperidine rings is 1. The number of aliphatic hydroxyl groups is 1. The predicted octanol–water partition coefficient (Wildman–Crippen LogP) is 0.906. The standard InChI is InChI=1S/C19H23ClFN3O6S/c1-2-31(28,29)23-9-14-15(10-23)16(14)24-4-3-19(27,17(24)25)30-18(26)22-8-11-5-12(20)7-13(21)6-11/h5-7,14-16,27H,2-4,8-10H2,1H3,(H,22,26)/t14-,15+,16+,19?. The average Bonchev–Trinajstić information content (AvgIpc) is 3.03. The molecular weight excluding hydrogens is 453 g/mol. The van der Waals surface area contributed by atoms with Crippen molar-refractivity contribution in [3.8, 4) is 0 Å². The zero-order valence-corrected chi connectivity index (χ0v) is 18.3. The molecule has 9 nitrogen and oxygen atoms in total. The van der Waals surface area contributed by atoms with Crippen molar-refractivity contribution in [2.75, 3.05) is 25.4 Å². The fourth-order valence-electron chi connectivity index (χ4n) is 4.49. The molecule has 0 bridgehead atoms. The molecule has 1 aromatic carbocycles. The number of ether oxygens (including phenoxy) is 1. The van der Waals surface area contributed by atoms with E-state index in [9.17, 15) is 27.5 Å². The number of fused-ring (bicyclic) bond motifs is 1. The monoisotopic (exact) mass is 475 g/mol. The molecule has 2 heterocycles. The number of nitrogens with zero attached hydrogens (tertiary/aromatic N) is 2. The van der Waals surface area contributed by atoms with Crippen LogP contribution in [0.3, 0.4) is 0 Å². The van der Waals surface area contributed by atoms with E-state index in [1.54, 1.807) is 6.92 Å². The highest BCUT2D eigenvalue weighted by molar-refractivity contribution is 7.89. The lowest BCUT2D eigenvalue weighted by Crippen LogP contribution is -2.47. The molecule has 2 saturated heterocycles. The summed E-state index contributed by atoms with van der Waals surface area (Å²) in [5.74, 6) is -3.46. The van der Waals surface area contributed by atoms with Gasteiger partial charge in [0, 0.05) is 43.7 Å². The van der Waals surface area contributed by atoms with Crippen LogP contribution in [-0.4, -0.2) is 71.9 Å². The van der Waals surface area contributed by atoms with Crippen LogP contribution < -0.4 is 5.32 Å². The van der Waals surface area contributed by atoms with Crippen molar-refractivity contribution in [2.45, 2.75) is 31.7 Å². The van der Waals surface area contributed by atoms with Crippen molar-refractivity contribution < 1.29 is 32.2 Å². The molecule has 4 atom stereocenters. The largest absolute Gasteiger partial charge is 0.410 e. The minimum Gasteiger partial charge on any atom is -0.407 e. The molecule has 0 radical (unpaired) electrons. The van der Waals surface area contributed by atoms with E-state index in [-0.39, 0.29) is 48.2 Å². The molecule has 3 aliphatic rings. The Labute approximate surface area is 184 Å². The summed E-state index contributed by atoms with van der Waals surface area (Å²) in [6.07, 6.45) is -1.10. The number of alkyl carbamates (subject to hydrolysis) is 1. The number of hydrogen-bond acceptors (Lipinski definition) is 6. The van der Waals surface area contributed by atoms with Crippen molar-refractivity contribution in [2.24, 2.45) is 11.8 Å². The number of likely N-dealkylation sites (tertiary alicyclic amines) is 1. The van der Waals surface area contributed by atoms with Gasteiger partial charge in [0.05, 0.1) is 5.75 Å². The quantitative estimate of drug-likeness (QED) is 0.591. The van der Waals surface area contributed by atoms with Crippen LogP contribution in [0.1, 0.15) is 18.9 Å². The van der Waals surface area contributed by atoms with E-state index in [2.05, 4.69) is 5.32 Å². The van der Waals surface area contributed by atoms with Crippen molar-refractivity contribution in [1.82, 2.24) is 14.5 Å². The number of rotatable bonds is 6. The Bertz CT molecular complexity index is 992. The van der Waals surface area contributed by atoms with E-state index >= 15 is 0 Å². The number of nitrogens with one attached hydrogen (secondary N) is 1. The third-order valence-electron chi connectivity index (χ3n) is 6.14. The first-order valence-electron chi connectivity index (χ1n) is 9.97. The normalized spacial score (nSPS) is 30.4. The van der Waals surface area contributed by atoms with Gasteiger partial charge in [-0.05, 0) is 42.5 Å². The number of carbonyl (C=O) groups excluding carboxylic acids is 2. The van der Waals surface area contributed by atoms with Gasteiger partial charge in [-0.25, -0.2) is 21.9 Å². The molecule has 31 heavy (non-hydrogen) atoms. The van der Waals surface area contributed by atoms with Gasteiger partial charge in [0.15, 0.2) is 0 Å². The van der Waals surface area contributed by atoms with Crippen LogP contribution in [-0.2, 0) is 26.1 Å². The van der Waals surface area contributed by atoms with Gasteiger partial charge in [-0.2, -0.15) is 0 Å². The number of carbonyl (C=O) groups is 2. The fourth-order valence-corrected chi connectivity index (χ4v) is 5.90. The van der Waals surface area contributed by atoms with Gasteiger partial charge in [0.1, 0.15) is 5.82 Å². The Morgan fingerprint density at radius 1 is 1.35 bits per heavy atom. The highest BCUT2D eigenvalue weighted by Gasteiger charge is 2.64. The van der Waals surface area contributed by atoms with E-state index in [1.165, 1.54) is 21.3 Å². The molecule has 170 valence electrons.